The second kappa shape index (κ2) is 3.88. The zero-order valence-corrected chi connectivity index (χ0v) is 8.23. The predicted octanol–water partition coefficient (Wildman–Crippen LogP) is 1.28. The molecule has 0 radical (unpaired) electrons. The van der Waals surface area contributed by atoms with Crippen LogP contribution in [0.15, 0.2) is 23.5 Å². The van der Waals surface area contributed by atoms with Crippen molar-refractivity contribution >= 4 is 11.8 Å². The lowest BCUT2D eigenvalue weighted by Gasteiger charge is -2.17. The molecule has 1 atom stereocenters. The number of rotatable bonds is 1. The minimum absolute atomic E-state index is 0.0909. The first-order valence-electron chi connectivity index (χ1n) is 4.98. The number of ether oxygens (including phenoxy) is 1. The van der Waals surface area contributed by atoms with Crippen molar-refractivity contribution in [3.63, 3.8) is 0 Å². The highest BCUT2D eigenvalue weighted by atomic mass is 16.5. The molecule has 0 aromatic carbocycles. The SMILES string of the molecule is O=C1COC(=O)/C1=C(/O)C1CC=CCC1. The van der Waals surface area contributed by atoms with Crippen molar-refractivity contribution in [2.45, 2.75) is 19.3 Å². The number of aliphatic hydroxyl groups excluding tert-OH is 1. The van der Waals surface area contributed by atoms with Crippen molar-refractivity contribution in [3.05, 3.63) is 23.5 Å². The highest BCUT2D eigenvalue weighted by Gasteiger charge is 2.34. The molecule has 4 nitrogen and oxygen atoms in total. The summed E-state index contributed by atoms with van der Waals surface area (Å²) < 4.78 is 4.57. The van der Waals surface area contributed by atoms with Gasteiger partial charge in [0.1, 0.15) is 11.3 Å². The minimum Gasteiger partial charge on any atom is -0.511 e. The molecule has 1 heterocycles. The van der Waals surface area contributed by atoms with Gasteiger partial charge in [-0.15, -0.1) is 0 Å². The zero-order valence-electron chi connectivity index (χ0n) is 8.23. The van der Waals surface area contributed by atoms with Crippen LogP contribution in [0.1, 0.15) is 19.3 Å². The van der Waals surface area contributed by atoms with Crippen LogP contribution in [0.3, 0.4) is 0 Å². The lowest BCUT2D eigenvalue weighted by atomic mass is 9.90. The molecule has 1 fully saturated rings. The Bertz CT molecular complexity index is 347. The van der Waals surface area contributed by atoms with Gasteiger partial charge in [-0.05, 0) is 19.3 Å². The number of carbonyl (C=O) groups is 2. The maximum absolute atomic E-state index is 11.3. The van der Waals surface area contributed by atoms with Gasteiger partial charge in [0.25, 0.3) is 0 Å². The van der Waals surface area contributed by atoms with E-state index in [-0.39, 0.29) is 23.9 Å². The summed E-state index contributed by atoms with van der Waals surface area (Å²) in [5.41, 5.74) is -0.143. The first kappa shape index (κ1) is 9.96. The van der Waals surface area contributed by atoms with Gasteiger partial charge in [0.05, 0.1) is 0 Å². The molecular weight excluding hydrogens is 196 g/mol. The van der Waals surface area contributed by atoms with Gasteiger partial charge >= 0.3 is 5.97 Å². The molecule has 2 rings (SSSR count). The maximum atomic E-state index is 11.3. The number of Topliss-reactive ketones (excluding diaryl/α,β-unsaturated/α-hetero) is 1. The van der Waals surface area contributed by atoms with Gasteiger partial charge < -0.3 is 9.84 Å². The monoisotopic (exact) mass is 208 g/mol. The number of hydrogen-bond acceptors (Lipinski definition) is 4. The smallest absolute Gasteiger partial charge is 0.345 e. The van der Waals surface area contributed by atoms with Crippen molar-refractivity contribution in [1.82, 2.24) is 0 Å². The van der Waals surface area contributed by atoms with Gasteiger partial charge in [-0.1, -0.05) is 12.2 Å². The van der Waals surface area contributed by atoms with Crippen LogP contribution in [0.25, 0.3) is 0 Å². The zero-order chi connectivity index (χ0) is 10.8. The summed E-state index contributed by atoms with van der Waals surface area (Å²) in [6.45, 7) is -0.235. The van der Waals surface area contributed by atoms with E-state index in [0.29, 0.717) is 6.42 Å². The molecule has 1 aliphatic carbocycles. The van der Waals surface area contributed by atoms with Crippen molar-refractivity contribution in [3.8, 4) is 0 Å². The Labute approximate surface area is 87.2 Å². The Morgan fingerprint density at radius 3 is 2.73 bits per heavy atom. The largest absolute Gasteiger partial charge is 0.511 e. The van der Waals surface area contributed by atoms with Crippen LogP contribution >= 0.6 is 0 Å². The quantitative estimate of drug-likeness (QED) is 0.232. The third-order valence-electron chi connectivity index (χ3n) is 2.73. The van der Waals surface area contributed by atoms with E-state index in [0.717, 1.165) is 12.8 Å². The first-order chi connectivity index (χ1) is 7.20. The Balaban J connectivity index is 2.27. The highest BCUT2D eigenvalue weighted by Crippen LogP contribution is 2.28. The lowest BCUT2D eigenvalue weighted by Crippen LogP contribution is -2.14. The second-order valence-corrected chi connectivity index (χ2v) is 3.74. The molecule has 0 saturated carbocycles. The molecule has 0 amide bonds. The van der Waals surface area contributed by atoms with Crippen LogP contribution < -0.4 is 0 Å². The molecule has 0 spiro atoms. The van der Waals surface area contributed by atoms with Crippen LogP contribution in [-0.4, -0.2) is 23.5 Å². The van der Waals surface area contributed by atoms with Gasteiger partial charge in [0, 0.05) is 5.92 Å². The molecule has 15 heavy (non-hydrogen) atoms. The Hall–Kier alpha value is -1.58. The lowest BCUT2D eigenvalue weighted by molar-refractivity contribution is -0.135. The van der Waals surface area contributed by atoms with E-state index in [4.69, 9.17) is 0 Å². The number of hydrogen-bond donors (Lipinski definition) is 1. The van der Waals surface area contributed by atoms with Crippen LogP contribution in [0.5, 0.6) is 0 Å². The number of ketones is 1. The predicted molar refractivity (Wildman–Crippen MR) is 52.1 cm³/mol. The third-order valence-corrected chi connectivity index (χ3v) is 2.73. The van der Waals surface area contributed by atoms with Crippen molar-refractivity contribution < 1.29 is 19.4 Å². The normalized spacial score (nSPS) is 29.2. The molecule has 4 heteroatoms. The summed E-state index contributed by atoms with van der Waals surface area (Å²) in [5, 5.41) is 9.84. The van der Waals surface area contributed by atoms with Crippen molar-refractivity contribution in [2.75, 3.05) is 6.61 Å². The fourth-order valence-electron chi connectivity index (χ4n) is 1.88. The highest BCUT2D eigenvalue weighted by molar-refractivity contribution is 6.22. The Kier molecular flexibility index (Phi) is 2.58. The van der Waals surface area contributed by atoms with Gasteiger partial charge in [-0.25, -0.2) is 4.79 Å². The fourth-order valence-corrected chi connectivity index (χ4v) is 1.88. The molecule has 1 saturated heterocycles. The topological polar surface area (TPSA) is 63.6 Å². The summed E-state index contributed by atoms with van der Waals surface area (Å²) in [6, 6.07) is 0. The average molecular weight is 208 g/mol. The van der Waals surface area contributed by atoms with E-state index in [1.165, 1.54) is 0 Å². The summed E-state index contributed by atoms with van der Waals surface area (Å²) in [4.78, 5) is 22.5. The van der Waals surface area contributed by atoms with Gasteiger partial charge in [-0.2, -0.15) is 0 Å². The fraction of sp³-hybridized carbons (Fsp3) is 0.455. The number of aliphatic hydroxyl groups is 1. The van der Waals surface area contributed by atoms with E-state index in [1.54, 1.807) is 0 Å². The van der Waals surface area contributed by atoms with Crippen LogP contribution in [-0.2, 0) is 14.3 Å². The summed E-state index contributed by atoms with van der Waals surface area (Å²) in [7, 11) is 0. The van der Waals surface area contributed by atoms with Crippen molar-refractivity contribution in [1.29, 1.82) is 0 Å². The summed E-state index contributed by atoms with van der Waals surface area (Å²) in [5.74, 6) is -1.30. The number of cyclic esters (lactones) is 1. The Morgan fingerprint density at radius 1 is 1.40 bits per heavy atom. The molecular formula is C11H12O4. The molecule has 2 aliphatic rings. The third kappa shape index (κ3) is 1.79. The van der Waals surface area contributed by atoms with E-state index in [9.17, 15) is 14.7 Å². The maximum Gasteiger partial charge on any atom is 0.345 e. The molecule has 1 N–H and O–H groups in total. The Morgan fingerprint density at radius 2 is 2.20 bits per heavy atom. The van der Waals surface area contributed by atoms with Gasteiger partial charge in [-0.3, -0.25) is 4.79 Å². The molecule has 80 valence electrons. The van der Waals surface area contributed by atoms with E-state index in [2.05, 4.69) is 4.74 Å². The van der Waals surface area contributed by atoms with Crippen LogP contribution in [0.4, 0.5) is 0 Å². The standard InChI is InChI=1S/C11H12O4/c12-8-6-15-11(14)9(8)10(13)7-4-2-1-3-5-7/h1-2,7,13H,3-6H2/b10-9+. The average Bonchev–Trinajstić information content (AvgIpc) is 2.59. The van der Waals surface area contributed by atoms with Crippen molar-refractivity contribution in [2.24, 2.45) is 5.92 Å². The van der Waals surface area contributed by atoms with Gasteiger partial charge in [0.15, 0.2) is 6.61 Å². The van der Waals surface area contributed by atoms with E-state index in [1.807, 2.05) is 12.2 Å². The first-order valence-corrected chi connectivity index (χ1v) is 4.98. The van der Waals surface area contributed by atoms with Crippen LogP contribution in [0, 0.1) is 5.92 Å². The molecule has 1 unspecified atom stereocenters. The second-order valence-electron chi connectivity index (χ2n) is 3.74. The van der Waals surface area contributed by atoms with Crippen LogP contribution in [0.2, 0.25) is 0 Å². The van der Waals surface area contributed by atoms with E-state index < -0.39 is 11.8 Å². The molecule has 0 bridgehead atoms. The van der Waals surface area contributed by atoms with Gasteiger partial charge in [0.2, 0.25) is 5.78 Å². The number of carbonyl (C=O) groups excluding carboxylic acids is 2. The number of allylic oxidation sites excluding steroid dienone is 3. The minimum atomic E-state index is -0.688. The van der Waals surface area contributed by atoms with E-state index >= 15 is 0 Å². The summed E-state index contributed by atoms with van der Waals surface area (Å²) >= 11 is 0. The molecule has 1 aliphatic heterocycles. The molecule has 0 aromatic rings. The summed E-state index contributed by atoms with van der Waals surface area (Å²) in [6.07, 6.45) is 6.30. The number of esters is 1. The molecule has 0 aromatic heterocycles.